The largest absolute Gasteiger partial charge is 0.348 e. The van der Waals surface area contributed by atoms with Gasteiger partial charge in [0.1, 0.15) is 0 Å². The molecule has 0 aliphatic heterocycles. The molecule has 18 heavy (non-hydrogen) atoms. The van der Waals surface area contributed by atoms with Crippen molar-refractivity contribution in [3.05, 3.63) is 23.9 Å². The highest BCUT2D eigenvalue weighted by atomic mass is 15.4. The summed E-state index contributed by atoms with van der Waals surface area (Å²) in [6.45, 7) is 9.02. The normalized spacial score (nSPS) is 13.8. The first kappa shape index (κ1) is 12.8. The molecule has 0 aromatic carbocycles. The third-order valence-corrected chi connectivity index (χ3v) is 3.13. The molecule has 0 bridgehead atoms. The Morgan fingerprint density at radius 3 is 2.67 bits per heavy atom. The topological polar surface area (TPSA) is 68.2 Å². The second-order valence-corrected chi connectivity index (χ2v) is 5.67. The van der Waals surface area contributed by atoms with Crippen LogP contribution in [0.3, 0.4) is 0 Å². The van der Waals surface area contributed by atoms with Crippen LogP contribution in [0.5, 0.6) is 0 Å². The third kappa shape index (κ3) is 2.46. The average Bonchev–Trinajstić information content (AvgIpc) is 2.68. The maximum Gasteiger partial charge on any atom is 0.243 e. The fourth-order valence-electron chi connectivity index (χ4n) is 1.88. The minimum absolute atomic E-state index is 0.0707. The first-order chi connectivity index (χ1) is 8.41. The zero-order valence-corrected chi connectivity index (χ0v) is 11.4. The van der Waals surface area contributed by atoms with E-state index in [1.165, 1.54) is 0 Å². The SMILES string of the molecule is Cc1cccc2nc(NC(CN)C(C)(C)C)nn12. The van der Waals surface area contributed by atoms with Gasteiger partial charge in [-0.1, -0.05) is 26.8 Å². The lowest BCUT2D eigenvalue weighted by atomic mass is 9.87. The smallest absolute Gasteiger partial charge is 0.243 e. The molecule has 2 aromatic heterocycles. The van der Waals surface area contributed by atoms with Crippen LogP contribution in [-0.2, 0) is 0 Å². The number of anilines is 1. The van der Waals surface area contributed by atoms with E-state index >= 15 is 0 Å². The Labute approximate surface area is 107 Å². The summed E-state index contributed by atoms with van der Waals surface area (Å²) < 4.78 is 1.83. The first-order valence-electron chi connectivity index (χ1n) is 6.21. The standard InChI is InChI=1S/C13H21N5/c1-9-6-5-7-11-16-12(17-18(9)11)15-10(8-14)13(2,3)4/h5-7,10H,8,14H2,1-4H3,(H,15,17). The molecule has 0 radical (unpaired) electrons. The van der Waals surface area contributed by atoms with E-state index in [-0.39, 0.29) is 11.5 Å². The molecule has 5 nitrogen and oxygen atoms in total. The Bertz CT molecular complexity index is 538. The van der Waals surface area contributed by atoms with E-state index in [0.717, 1.165) is 11.3 Å². The number of hydrogen-bond acceptors (Lipinski definition) is 4. The number of nitrogens with zero attached hydrogens (tertiary/aromatic N) is 3. The lowest BCUT2D eigenvalue weighted by molar-refractivity contribution is 0.344. The molecule has 2 rings (SSSR count). The van der Waals surface area contributed by atoms with Crippen molar-refractivity contribution in [2.75, 3.05) is 11.9 Å². The summed E-state index contributed by atoms with van der Waals surface area (Å²) in [4.78, 5) is 4.46. The second kappa shape index (κ2) is 4.57. The fourth-order valence-corrected chi connectivity index (χ4v) is 1.88. The number of aryl methyl sites for hydroxylation is 1. The van der Waals surface area contributed by atoms with Crippen LogP contribution in [-0.4, -0.2) is 27.2 Å². The van der Waals surface area contributed by atoms with Crippen molar-refractivity contribution in [2.45, 2.75) is 33.7 Å². The Hall–Kier alpha value is -1.62. The fraction of sp³-hybridized carbons (Fsp3) is 0.538. The molecule has 1 atom stereocenters. The summed E-state index contributed by atoms with van der Waals surface area (Å²) in [5, 5.41) is 7.77. The minimum Gasteiger partial charge on any atom is -0.348 e. The molecule has 5 heteroatoms. The van der Waals surface area contributed by atoms with E-state index in [0.29, 0.717) is 12.5 Å². The van der Waals surface area contributed by atoms with Gasteiger partial charge in [-0.2, -0.15) is 4.98 Å². The van der Waals surface area contributed by atoms with Crippen molar-refractivity contribution in [1.82, 2.24) is 14.6 Å². The van der Waals surface area contributed by atoms with E-state index in [4.69, 9.17) is 5.73 Å². The molecule has 98 valence electrons. The zero-order valence-electron chi connectivity index (χ0n) is 11.4. The molecular weight excluding hydrogens is 226 g/mol. The number of rotatable bonds is 3. The second-order valence-electron chi connectivity index (χ2n) is 5.67. The van der Waals surface area contributed by atoms with Crippen LogP contribution in [0.2, 0.25) is 0 Å². The molecule has 0 fully saturated rings. The van der Waals surface area contributed by atoms with Crippen LogP contribution < -0.4 is 11.1 Å². The number of fused-ring (bicyclic) bond motifs is 1. The third-order valence-electron chi connectivity index (χ3n) is 3.13. The molecule has 2 aromatic rings. The highest BCUT2D eigenvalue weighted by Gasteiger charge is 2.24. The zero-order chi connectivity index (χ0) is 13.3. The van der Waals surface area contributed by atoms with Crippen LogP contribution in [0.15, 0.2) is 18.2 Å². The molecular formula is C13H21N5. The minimum atomic E-state index is 0.0707. The van der Waals surface area contributed by atoms with E-state index in [1.807, 2.05) is 29.6 Å². The van der Waals surface area contributed by atoms with Gasteiger partial charge in [-0.05, 0) is 24.5 Å². The van der Waals surface area contributed by atoms with Gasteiger partial charge in [0, 0.05) is 18.3 Å². The van der Waals surface area contributed by atoms with Gasteiger partial charge >= 0.3 is 0 Å². The molecule has 0 saturated heterocycles. The molecule has 0 saturated carbocycles. The van der Waals surface area contributed by atoms with Crippen LogP contribution in [0.25, 0.3) is 5.65 Å². The van der Waals surface area contributed by atoms with E-state index in [1.54, 1.807) is 0 Å². The number of hydrogen-bond donors (Lipinski definition) is 2. The monoisotopic (exact) mass is 247 g/mol. The van der Waals surface area contributed by atoms with Gasteiger partial charge in [0.05, 0.1) is 0 Å². The number of pyridine rings is 1. The predicted molar refractivity (Wildman–Crippen MR) is 73.6 cm³/mol. The van der Waals surface area contributed by atoms with Crippen molar-refractivity contribution in [3.63, 3.8) is 0 Å². The Morgan fingerprint density at radius 1 is 1.39 bits per heavy atom. The molecule has 0 aliphatic rings. The predicted octanol–water partition coefficient (Wildman–Crippen LogP) is 1.82. The summed E-state index contributed by atoms with van der Waals surface area (Å²) in [5.74, 6) is 0.634. The molecule has 0 spiro atoms. The number of aromatic nitrogens is 3. The highest BCUT2D eigenvalue weighted by molar-refractivity contribution is 5.44. The summed E-state index contributed by atoms with van der Waals surface area (Å²) in [6, 6.07) is 6.08. The van der Waals surface area contributed by atoms with E-state index in [9.17, 15) is 0 Å². The quantitative estimate of drug-likeness (QED) is 0.868. The van der Waals surface area contributed by atoms with Crippen molar-refractivity contribution < 1.29 is 0 Å². The number of nitrogens with two attached hydrogens (primary N) is 1. The van der Waals surface area contributed by atoms with E-state index < -0.39 is 0 Å². The van der Waals surface area contributed by atoms with Crippen LogP contribution >= 0.6 is 0 Å². The van der Waals surface area contributed by atoms with Crippen molar-refractivity contribution >= 4 is 11.6 Å². The van der Waals surface area contributed by atoms with Crippen molar-refractivity contribution in [3.8, 4) is 0 Å². The maximum absolute atomic E-state index is 5.81. The lowest BCUT2D eigenvalue weighted by Gasteiger charge is -2.29. The van der Waals surface area contributed by atoms with Gasteiger partial charge in [0.15, 0.2) is 5.65 Å². The van der Waals surface area contributed by atoms with Crippen LogP contribution in [0, 0.1) is 12.3 Å². The summed E-state index contributed by atoms with van der Waals surface area (Å²) in [6.07, 6.45) is 0. The highest BCUT2D eigenvalue weighted by Crippen LogP contribution is 2.21. The molecule has 0 aliphatic carbocycles. The Morgan fingerprint density at radius 2 is 2.11 bits per heavy atom. The average molecular weight is 247 g/mol. The summed E-state index contributed by atoms with van der Waals surface area (Å²) in [5.41, 5.74) is 7.79. The van der Waals surface area contributed by atoms with Crippen LogP contribution in [0.4, 0.5) is 5.95 Å². The molecule has 2 heterocycles. The van der Waals surface area contributed by atoms with Gasteiger partial charge in [0.25, 0.3) is 0 Å². The maximum atomic E-state index is 5.81. The van der Waals surface area contributed by atoms with Crippen LogP contribution in [0.1, 0.15) is 26.5 Å². The molecule has 1 unspecified atom stereocenters. The summed E-state index contributed by atoms with van der Waals surface area (Å²) in [7, 11) is 0. The van der Waals surface area contributed by atoms with Gasteiger partial charge in [-0.3, -0.25) is 0 Å². The first-order valence-corrected chi connectivity index (χ1v) is 6.21. The number of nitrogens with one attached hydrogen (secondary N) is 1. The van der Waals surface area contributed by atoms with Gasteiger partial charge in [0.2, 0.25) is 5.95 Å². The van der Waals surface area contributed by atoms with Gasteiger partial charge in [-0.25, -0.2) is 4.52 Å². The van der Waals surface area contributed by atoms with E-state index in [2.05, 4.69) is 36.2 Å². The molecule has 3 N–H and O–H groups in total. The Balaban J connectivity index is 2.29. The van der Waals surface area contributed by atoms with Gasteiger partial charge in [-0.15, -0.1) is 5.10 Å². The Kier molecular flexibility index (Phi) is 3.26. The molecule has 0 amide bonds. The summed E-state index contributed by atoms with van der Waals surface area (Å²) >= 11 is 0. The van der Waals surface area contributed by atoms with Crippen molar-refractivity contribution in [2.24, 2.45) is 11.1 Å². The lowest BCUT2D eigenvalue weighted by Crippen LogP contribution is -2.40. The van der Waals surface area contributed by atoms with Gasteiger partial charge < -0.3 is 11.1 Å². The van der Waals surface area contributed by atoms with Crippen molar-refractivity contribution in [1.29, 1.82) is 0 Å².